The Morgan fingerprint density at radius 1 is 0.800 bits per heavy atom. The monoisotopic (exact) mass is 678 g/mol. The summed E-state index contributed by atoms with van der Waals surface area (Å²) >= 11 is 0. The van der Waals surface area contributed by atoms with Crippen molar-refractivity contribution >= 4 is 17.4 Å². The molecule has 4 aromatic rings. The van der Waals surface area contributed by atoms with Crippen molar-refractivity contribution in [3.8, 4) is 22.6 Å². The van der Waals surface area contributed by atoms with Gasteiger partial charge in [0, 0.05) is 60.9 Å². The first-order chi connectivity index (χ1) is 24.0. The van der Waals surface area contributed by atoms with Crippen molar-refractivity contribution in [3.05, 3.63) is 100 Å². The Morgan fingerprint density at radius 2 is 1.42 bits per heavy atom. The summed E-state index contributed by atoms with van der Waals surface area (Å²) < 4.78 is 11.1. The van der Waals surface area contributed by atoms with Crippen LogP contribution in [0, 0.1) is 13.8 Å². The van der Waals surface area contributed by atoms with Crippen molar-refractivity contribution in [1.29, 1.82) is 0 Å². The summed E-state index contributed by atoms with van der Waals surface area (Å²) in [5, 5.41) is 26.5. The smallest absolute Gasteiger partial charge is 0.274 e. The number of ether oxygens (including phenoxy) is 2. The van der Waals surface area contributed by atoms with E-state index in [1.54, 1.807) is 38.7 Å². The van der Waals surface area contributed by atoms with Gasteiger partial charge in [-0.05, 0) is 92.7 Å². The van der Waals surface area contributed by atoms with Gasteiger partial charge in [-0.15, -0.1) is 0 Å². The van der Waals surface area contributed by atoms with Gasteiger partial charge in [0.05, 0.1) is 25.4 Å². The van der Waals surface area contributed by atoms with Gasteiger partial charge in [-0.3, -0.25) is 19.6 Å². The highest BCUT2D eigenvalue weighted by Crippen LogP contribution is 2.40. The number of amides is 1. The molecule has 0 spiro atoms. The fraction of sp³-hybridized carbons (Fsp3) is 0.400. The molecular formula is C40H46N4O6. The minimum Gasteiger partial charge on any atom is -0.496 e. The third-order valence-electron chi connectivity index (χ3n) is 10.0. The lowest BCUT2D eigenvalue weighted by Crippen LogP contribution is -2.27. The molecule has 2 aromatic heterocycles. The number of nitrogens with one attached hydrogen (secondary N) is 2. The van der Waals surface area contributed by atoms with E-state index >= 15 is 0 Å². The van der Waals surface area contributed by atoms with Crippen molar-refractivity contribution in [3.63, 3.8) is 0 Å². The molecule has 0 saturated heterocycles. The van der Waals surface area contributed by atoms with Crippen LogP contribution in [0.25, 0.3) is 11.1 Å². The van der Waals surface area contributed by atoms with Gasteiger partial charge >= 0.3 is 0 Å². The number of aryl methyl sites for hydroxylation is 1. The van der Waals surface area contributed by atoms with Gasteiger partial charge in [-0.1, -0.05) is 30.3 Å². The van der Waals surface area contributed by atoms with Crippen LogP contribution in [-0.4, -0.2) is 63.8 Å². The summed E-state index contributed by atoms with van der Waals surface area (Å²) in [6, 6.07) is 15.0. The number of methoxy groups -OCH3 is 2. The predicted octanol–water partition coefficient (Wildman–Crippen LogP) is 5.92. The van der Waals surface area contributed by atoms with E-state index < -0.39 is 11.2 Å². The van der Waals surface area contributed by atoms with E-state index in [9.17, 15) is 19.8 Å². The molecule has 10 nitrogen and oxygen atoms in total. The molecule has 262 valence electrons. The lowest BCUT2D eigenvalue weighted by Gasteiger charge is -2.17. The number of Topliss-reactive ketones (excluding diaryl/α,β-unsaturated/α-hetero) is 1. The summed E-state index contributed by atoms with van der Waals surface area (Å²) in [7, 11) is 3.15. The third-order valence-corrected chi connectivity index (χ3v) is 10.0. The predicted molar refractivity (Wildman–Crippen MR) is 192 cm³/mol. The second kappa shape index (κ2) is 14.7. The summed E-state index contributed by atoms with van der Waals surface area (Å²) in [5.74, 6) is 0.713. The number of nitrogens with zero attached hydrogens (tertiary/aromatic N) is 2. The molecule has 1 amide bonds. The lowest BCUT2D eigenvalue weighted by molar-refractivity contribution is 0.0985. The van der Waals surface area contributed by atoms with E-state index in [0.717, 1.165) is 77.5 Å². The Hall–Kier alpha value is -4.64. The molecule has 2 aliphatic rings. The number of aliphatic hydroxyl groups is 2. The molecule has 2 aliphatic carbocycles. The van der Waals surface area contributed by atoms with Crippen LogP contribution in [0.4, 0.5) is 5.69 Å². The Balaban J connectivity index is 1.14. The quantitative estimate of drug-likeness (QED) is 0.106. The molecule has 6 rings (SSSR count). The van der Waals surface area contributed by atoms with Gasteiger partial charge in [-0.25, -0.2) is 0 Å². The average Bonchev–Trinajstić information content (AvgIpc) is 4.04. The number of benzene rings is 2. The summed E-state index contributed by atoms with van der Waals surface area (Å²) in [5.41, 5.74) is 6.51. The van der Waals surface area contributed by atoms with Crippen LogP contribution in [0.5, 0.6) is 11.5 Å². The molecule has 0 atom stereocenters. The van der Waals surface area contributed by atoms with Gasteiger partial charge in [0.1, 0.15) is 22.9 Å². The van der Waals surface area contributed by atoms with Gasteiger partial charge in [0.25, 0.3) is 5.91 Å². The number of pyridine rings is 2. The number of carbonyl (C=O) groups is 2. The van der Waals surface area contributed by atoms with Gasteiger partial charge in [0.2, 0.25) is 0 Å². The summed E-state index contributed by atoms with van der Waals surface area (Å²) in [4.78, 5) is 35.7. The first-order valence-electron chi connectivity index (χ1n) is 17.3. The first kappa shape index (κ1) is 35.2. The highest BCUT2D eigenvalue weighted by atomic mass is 16.5. The molecule has 2 saturated carbocycles. The Bertz CT molecular complexity index is 1760. The number of rotatable bonds is 16. The number of hydrogen-bond acceptors (Lipinski definition) is 9. The van der Waals surface area contributed by atoms with Gasteiger partial charge in [-0.2, -0.15) is 0 Å². The maximum atomic E-state index is 13.4. The van der Waals surface area contributed by atoms with Crippen molar-refractivity contribution in [2.75, 3.05) is 26.1 Å². The van der Waals surface area contributed by atoms with E-state index in [0.29, 0.717) is 42.4 Å². The van der Waals surface area contributed by atoms with Crippen molar-refractivity contribution < 1.29 is 29.3 Å². The summed E-state index contributed by atoms with van der Waals surface area (Å²) in [6.07, 6.45) is 9.14. The van der Waals surface area contributed by atoms with Crippen LogP contribution in [0.1, 0.15) is 87.3 Å². The Morgan fingerprint density at radius 3 is 2.12 bits per heavy atom. The van der Waals surface area contributed by atoms with Crippen molar-refractivity contribution in [2.24, 2.45) is 0 Å². The normalized spacial score (nSPS) is 15.3. The summed E-state index contributed by atoms with van der Waals surface area (Å²) in [6.45, 7) is 4.96. The molecule has 0 unspecified atom stereocenters. The van der Waals surface area contributed by atoms with Crippen LogP contribution < -0.4 is 20.1 Å². The molecular weight excluding hydrogens is 632 g/mol. The molecule has 0 radical (unpaired) electrons. The minimum atomic E-state index is -0.600. The van der Waals surface area contributed by atoms with Crippen LogP contribution in [0.2, 0.25) is 0 Å². The topological polar surface area (TPSA) is 143 Å². The van der Waals surface area contributed by atoms with Gasteiger partial charge in [0.15, 0.2) is 5.78 Å². The third kappa shape index (κ3) is 8.21. The van der Waals surface area contributed by atoms with E-state index in [-0.39, 0.29) is 23.8 Å². The molecule has 50 heavy (non-hydrogen) atoms. The van der Waals surface area contributed by atoms with E-state index in [1.807, 2.05) is 50.2 Å². The molecule has 2 heterocycles. The second-order valence-corrected chi connectivity index (χ2v) is 13.8. The van der Waals surface area contributed by atoms with E-state index in [4.69, 9.17) is 9.47 Å². The standard InChI is InChI=1S/C40H46N4O6/c1-25-27(18-35(45)33-19-37(50-4)29(23-42-33)21-41-24-40(48)16-17-40)8-5-10-30(25)31-11-6-12-32(26(31)2)44-38(46)34-20-36(49-3)28(22-43-34)9-7-13-39(47)14-15-39/h5-6,8,10-12,19-20,22-23,41,47-48H,7,9,13-18,21,24H2,1-4H3,(H,44,46). The van der Waals surface area contributed by atoms with Gasteiger partial charge < -0.3 is 30.3 Å². The van der Waals surface area contributed by atoms with Crippen molar-refractivity contribution in [2.45, 2.75) is 83.0 Å². The molecule has 2 aromatic carbocycles. The highest BCUT2D eigenvalue weighted by molar-refractivity contribution is 6.04. The Kier molecular flexibility index (Phi) is 10.3. The van der Waals surface area contributed by atoms with Crippen LogP contribution in [0.15, 0.2) is 60.9 Å². The zero-order valence-corrected chi connectivity index (χ0v) is 29.3. The zero-order valence-electron chi connectivity index (χ0n) is 29.3. The maximum Gasteiger partial charge on any atom is 0.274 e. The molecule has 4 N–H and O–H groups in total. The van der Waals surface area contributed by atoms with E-state index in [1.165, 1.54) is 0 Å². The van der Waals surface area contributed by atoms with Crippen LogP contribution >= 0.6 is 0 Å². The first-order valence-corrected chi connectivity index (χ1v) is 17.3. The average molecular weight is 679 g/mol. The fourth-order valence-corrected chi connectivity index (χ4v) is 6.34. The SMILES string of the molecule is COc1cc(C(=O)Nc2cccc(-c3cccc(CC(=O)c4cc(OC)c(CNCC5(O)CC5)cn4)c3C)c2C)ncc1CCCC1(O)CC1. The minimum absolute atomic E-state index is 0.123. The largest absolute Gasteiger partial charge is 0.496 e. The van der Waals surface area contributed by atoms with Crippen LogP contribution in [0.3, 0.4) is 0 Å². The maximum absolute atomic E-state index is 13.4. The number of anilines is 1. The highest BCUT2D eigenvalue weighted by Gasteiger charge is 2.40. The van der Waals surface area contributed by atoms with Crippen LogP contribution in [-0.2, 0) is 19.4 Å². The molecule has 10 heteroatoms. The molecule has 2 fully saturated rings. The number of hydrogen-bond donors (Lipinski definition) is 4. The molecule has 0 bridgehead atoms. The van der Waals surface area contributed by atoms with E-state index in [2.05, 4.69) is 20.6 Å². The number of ketones is 1. The second-order valence-electron chi connectivity index (χ2n) is 13.8. The zero-order chi connectivity index (χ0) is 35.5. The lowest BCUT2D eigenvalue weighted by atomic mass is 9.91. The molecule has 0 aliphatic heterocycles. The number of carbonyl (C=O) groups excluding carboxylic acids is 2. The number of aromatic nitrogens is 2. The Labute approximate surface area is 293 Å². The van der Waals surface area contributed by atoms with Crippen molar-refractivity contribution in [1.82, 2.24) is 15.3 Å². The fourth-order valence-electron chi connectivity index (χ4n) is 6.34.